The van der Waals surface area contributed by atoms with Gasteiger partial charge in [0.05, 0.1) is 27.8 Å². The van der Waals surface area contributed by atoms with Crippen LogP contribution < -0.4 is 5.32 Å². The Labute approximate surface area is 138 Å². The van der Waals surface area contributed by atoms with Crippen molar-refractivity contribution in [1.29, 1.82) is 0 Å². The number of aliphatic imine (C=N–C) groups is 1. The Balaban J connectivity index is 1.75. The Morgan fingerprint density at radius 1 is 1.33 bits per heavy atom. The monoisotopic (exact) mass is 342 g/mol. The molecule has 3 rings (SSSR count). The van der Waals surface area contributed by atoms with Crippen molar-refractivity contribution < 1.29 is 4.79 Å². The van der Waals surface area contributed by atoms with Crippen molar-refractivity contribution in [2.45, 2.75) is 24.7 Å². The van der Waals surface area contributed by atoms with E-state index >= 15 is 0 Å². The molecule has 6 heteroatoms. The molecule has 1 saturated carbocycles. The molecule has 1 N–H and O–H groups in total. The second kappa shape index (κ2) is 6.19. The fourth-order valence-electron chi connectivity index (χ4n) is 2.80. The van der Waals surface area contributed by atoms with Crippen LogP contribution in [0.3, 0.4) is 0 Å². The number of amidine groups is 1. The van der Waals surface area contributed by atoms with Crippen molar-refractivity contribution >= 4 is 45.9 Å². The van der Waals surface area contributed by atoms with Gasteiger partial charge in [-0.1, -0.05) is 47.5 Å². The Bertz CT molecular complexity index is 599. The quantitative estimate of drug-likeness (QED) is 0.907. The van der Waals surface area contributed by atoms with Crippen molar-refractivity contribution in [2.75, 3.05) is 18.8 Å². The smallest absolute Gasteiger partial charge is 0.157 e. The summed E-state index contributed by atoms with van der Waals surface area (Å²) in [5, 5.41) is 5.10. The van der Waals surface area contributed by atoms with Gasteiger partial charge in [-0.05, 0) is 30.5 Å². The van der Waals surface area contributed by atoms with Gasteiger partial charge in [-0.25, -0.2) is 0 Å². The molecule has 1 fully saturated rings. The summed E-state index contributed by atoms with van der Waals surface area (Å²) in [6, 6.07) is 5.56. The normalized spacial score (nSPS) is 19.6. The molecule has 2 aliphatic rings. The van der Waals surface area contributed by atoms with Crippen molar-refractivity contribution in [3.05, 3.63) is 33.8 Å². The lowest BCUT2D eigenvalue weighted by molar-refractivity contribution is -0.124. The summed E-state index contributed by atoms with van der Waals surface area (Å²) < 4.78 is 0. The summed E-state index contributed by atoms with van der Waals surface area (Å²) in [6.07, 6.45) is 2.87. The first kappa shape index (κ1) is 15.2. The molecule has 0 bridgehead atoms. The van der Waals surface area contributed by atoms with Crippen molar-refractivity contribution in [3.63, 3.8) is 0 Å². The first-order chi connectivity index (χ1) is 10.1. The minimum atomic E-state index is -0.375. The minimum absolute atomic E-state index is 0.258. The minimum Gasteiger partial charge on any atom is -0.363 e. The SMILES string of the molecule is O=C(CSC1=NCCN1)C1(c2ccc(Cl)c(Cl)c2)CCC1. The summed E-state index contributed by atoms with van der Waals surface area (Å²) in [6.45, 7) is 1.67. The lowest BCUT2D eigenvalue weighted by atomic mass is 9.62. The highest BCUT2D eigenvalue weighted by Crippen LogP contribution is 2.46. The molecule has 112 valence electrons. The van der Waals surface area contributed by atoms with E-state index < -0.39 is 0 Å². The molecule has 1 aliphatic carbocycles. The van der Waals surface area contributed by atoms with E-state index in [2.05, 4.69) is 10.3 Å². The topological polar surface area (TPSA) is 41.5 Å². The summed E-state index contributed by atoms with van der Waals surface area (Å²) in [5.74, 6) is 0.708. The number of hydrogen-bond donors (Lipinski definition) is 1. The second-order valence-corrected chi connectivity index (χ2v) is 7.17. The van der Waals surface area contributed by atoms with Crippen LogP contribution in [0, 0.1) is 0 Å². The number of halogens is 2. The molecule has 1 heterocycles. The van der Waals surface area contributed by atoms with Gasteiger partial charge in [-0.15, -0.1) is 0 Å². The number of nitrogens with one attached hydrogen (secondary N) is 1. The van der Waals surface area contributed by atoms with E-state index in [0.29, 0.717) is 15.8 Å². The third-order valence-electron chi connectivity index (χ3n) is 4.20. The highest BCUT2D eigenvalue weighted by atomic mass is 35.5. The van der Waals surface area contributed by atoms with Crippen LogP contribution in [0.5, 0.6) is 0 Å². The van der Waals surface area contributed by atoms with Gasteiger partial charge in [0.25, 0.3) is 0 Å². The number of rotatable bonds is 4. The Morgan fingerprint density at radius 3 is 2.71 bits per heavy atom. The van der Waals surface area contributed by atoms with Gasteiger partial charge >= 0.3 is 0 Å². The first-order valence-electron chi connectivity index (χ1n) is 7.02. The van der Waals surface area contributed by atoms with Crippen molar-refractivity contribution in [1.82, 2.24) is 5.32 Å². The number of benzene rings is 1. The standard InChI is InChI=1S/C15H16Cl2N2OS/c16-11-3-2-10(8-12(11)17)15(4-1-5-15)13(20)9-21-14-18-6-7-19-14/h2-3,8H,1,4-7,9H2,(H,18,19). The molecule has 0 saturated heterocycles. The number of thioether (sulfide) groups is 1. The van der Waals surface area contributed by atoms with Gasteiger partial charge < -0.3 is 5.32 Å². The van der Waals surface area contributed by atoms with Crippen LogP contribution in [-0.4, -0.2) is 29.8 Å². The molecule has 0 radical (unpaired) electrons. The number of nitrogens with zero attached hydrogens (tertiary/aromatic N) is 1. The van der Waals surface area contributed by atoms with E-state index in [1.54, 1.807) is 6.07 Å². The van der Waals surface area contributed by atoms with Crippen LogP contribution >= 0.6 is 35.0 Å². The molecule has 0 spiro atoms. The van der Waals surface area contributed by atoms with Crippen molar-refractivity contribution in [2.24, 2.45) is 4.99 Å². The zero-order valence-electron chi connectivity index (χ0n) is 11.5. The van der Waals surface area contributed by atoms with Crippen molar-refractivity contribution in [3.8, 4) is 0 Å². The number of ketones is 1. The van der Waals surface area contributed by atoms with Gasteiger partial charge in [-0.3, -0.25) is 9.79 Å². The van der Waals surface area contributed by atoms with Crippen LogP contribution in [0.25, 0.3) is 0 Å². The van der Waals surface area contributed by atoms with Crippen LogP contribution in [-0.2, 0) is 10.2 Å². The van der Waals surface area contributed by atoms with E-state index in [0.717, 1.165) is 43.1 Å². The van der Waals surface area contributed by atoms with Gasteiger partial charge in [0.15, 0.2) is 11.0 Å². The predicted molar refractivity (Wildman–Crippen MR) is 89.8 cm³/mol. The Kier molecular flexibility index (Phi) is 4.48. The zero-order chi connectivity index (χ0) is 14.9. The number of carbonyl (C=O) groups is 1. The van der Waals surface area contributed by atoms with Crippen LogP contribution in [0.15, 0.2) is 23.2 Å². The molecule has 1 aliphatic heterocycles. The summed E-state index contributed by atoms with van der Waals surface area (Å²) in [4.78, 5) is 17.0. The third-order valence-corrected chi connectivity index (χ3v) is 5.89. The maximum absolute atomic E-state index is 12.7. The maximum atomic E-state index is 12.7. The van der Waals surface area contributed by atoms with E-state index in [-0.39, 0.29) is 11.2 Å². The van der Waals surface area contributed by atoms with Crippen LogP contribution in [0.2, 0.25) is 10.0 Å². The number of Topliss-reactive ketones (excluding diaryl/α,β-unsaturated/α-hetero) is 1. The van der Waals surface area contributed by atoms with E-state index in [1.807, 2.05) is 12.1 Å². The summed E-state index contributed by atoms with van der Waals surface area (Å²) in [5.41, 5.74) is 0.621. The van der Waals surface area contributed by atoms with E-state index in [1.165, 1.54) is 11.8 Å². The largest absolute Gasteiger partial charge is 0.363 e. The number of hydrogen-bond acceptors (Lipinski definition) is 4. The maximum Gasteiger partial charge on any atom is 0.157 e. The average molecular weight is 343 g/mol. The van der Waals surface area contributed by atoms with E-state index in [9.17, 15) is 4.79 Å². The van der Waals surface area contributed by atoms with E-state index in [4.69, 9.17) is 23.2 Å². The number of carbonyl (C=O) groups excluding carboxylic acids is 1. The molecule has 0 aromatic heterocycles. The van der Waals surface area contributed by atoms with Gasteiger partial charge in [0.2, 0.25) is 0 Å². The molecule has 1 aromatic carbocycles. The fourth-order valence-corrected chi connectivity index (χ4v) is 4.03. The van der Waals surface area contributed by atoms with Gasteiger partial charge in [0, 0.05) is 6.54 Å². The summed E-state index contributed by atoms with van der Waals surface area (Å²) in [7, 11) is 0. The average Bonchev–Trinajstić information content (AvgIpc) is 2.92. The third kappa shape index (κ3) is 2.94. The molecule has 0 atom stereocenters. The Morgan fingerprint density at radius 2 is 2.14 bits per heavy atom. The molecule has 0 unspecified atom stereocenters. The molecular weight excluding hydrogens is 327 g/mol. The fraction of sp³-hybridized carbons (Fsp3) is 0.467. The lowest BCUT2D eigenvalue weighted by Crippen LogP contribution is -2.43. The molecule has 0 amide bonds. The first-order valence-corrected chi connectivity index (χ1v) is 8.76. The highest BCUT2D eigenvalue weighted by Gasteiger charge is 2.45. The van der Waals surface area contributed by atoms with Gasteiger partial charge in [0.1, 0.15) is 0 Å². The Hall–Kier alpha value is -0.710. The molecule has 3 nitrogen and oxygen atoms in total. The zero-order valence-corrected chi connectivity index (χ0v) is 13.8. The van der Waals surface area contributed by atoms with Crippen LogP contribution in [0.1, 0.15) is 24.8 Å². The molecule has 21 heavy (non-hydrogen) atoms. The van der Waals surface area contributed by atoms with Gasteiger partial charge in [-0.2, -0.15) is 0 Å². The van der Waals surface area contributed by atoms with Crippen LogP contribution in [0.4, 0.5) is 0 Å². The molecular formula is C15H16Cl2N2OS. The molecule has 1 aromatic rings. The highest BCUT2D eigenvalue weighted by molar-refractivity contribution is 8.14. The summed E-state index contributed by atoms with van der Waals surface area (Å²) >= 11 is 13.6. The predicted octanol–water partition coefficient (Wildman–Crippen LogP) is 3.68. The lowest BCUT2D eigenvalue weighted by Gasteiger charge is -2.41. The second-order valence-electron chi connectivity index (χ2n) is 5.39.